The van der Waals surface area contributed by atoms with Crippen LogP contribution in [0.15, 0.2) is 36.0 Å². The number of carbonyl (C=O) groups is 3. The summed E-state index contributed by atoms with van der Waals surface area (Å²) in [5.74, 6) is -1.13. The number of carboxylic acids is 1. The minimum absolute atomic E-state index is 0.0364. The summed E-state index contributed by atoms with van der Waals surface area (Å²) in [6.45, 7) is -0.537. The van der Waals surface area contributed by atoms with Crippen molar-refractivity contribution in [1.29, 1.82) is 0 Å². The van der Waals surface area contributed by atoms with E-state index in [1.165, 1.54) is 13.2 Å². The molecule has 0 saturated carbocycles. The maximum atomic E-state index is 12.3. The number of methoxy groups -OCH3 is 1. The molecule has 11 heteroatoms. The van der Waals surface area contributed by atoms with E-state index in [4.69, 9.17) is 37.8 Å². The van der Waals surface area contributed by atoms with Gasteiger partial charge in [-0.2, -0.15) is 0 Å². The second-order valence-corrected chi connectivity index (χ2v) is 8.34. The average molecular weight is 577 g/mol. The molecule has 8 nitrogen and oxygen atoms in total. The number of imide groups is 1. The van der Waals surface area contributed by atoms with Crippen LogP contribution >= 0.6 is 45.8 Å². The van der Waals surface area contributed by atoms with E-state index in [1.54, 1.807) is 30.3 Å². The number of nitrogens with zero attached hydrogens (tertiary/aromatic N) is 1. The van der Waals surface area contributed by atoms with Crippen LogP contribution in [0.3, 0.4) is 0 Å². The number of hydrogen-bond acceptors (Lipinski definition) is 5. The van der Waals surface area contributed by atoms with Crippen LogP contribution in [-0.4, -0.2) is 41.6 Å². The van der Waals surface area contributed by atoms with E-state index in [0.29, 0.717) is 35.6 Å². The van der Waals surface area contributed by atoms with Crippen LogP contribution in [-0.2, 0) is 16.2 Å². The summed E-state index contributed by atoms with van der Waals surface area (Å²) in [7, 11) is 1.47. The molecule has 1 aliphatic rings. The molecule has 3 amide bonds. The van der Waals surface area contributed by atoms with Crippen LogP contribution in [0.2, 0.25) is 10.0 Å². The third-order valence-corrected chi connectivity index (χ3v) is 5.59. The first-order valence-electron chi connectivity index (χ1n) is 8.70. The summed E-state index contributed by atoms with van der Waals surface area (Å²) in [5.41, 5.74) is 1.26. The van der Waals surface area contributed by atoms with E-state index in [-0.39, 0.29) is 12.3 Å². The van der Waals surface area contributed by atoms with Gasteiger partial charge in [0.25, 0.3) is 5.91 Å². The molecule has 31 heavy (non-hydrogen) atoms. The highest BCUT2D eigenvalue weighted by Crippen LogP contribution is 2.36. The highest BCUT2D eigenvalue weighted by atomic mass is 127. The van der Waals surface area contributed by atoms with Crippen molar-refractivity contribution in [1.82, 2.24) is 10.2 Å². The number of halogens is 3. The molecule has 2 aromatic carbocycles. The average Bonchev–Trinajstić information content (AvgIpc) is 2.95. The largest absolute Gasteiger partial charge is 0.493 e. The van der Waals surface area contributed by atoms with Gasteiger partial charge in [0, 0.05) is 15.6 Å². The molecule has 1 saturated heterocycles. The van der Waals surface area contributed by atoms with Crippen molar-refractivity contribution in [2.24, 2.45) is 0 Å². The molecule has 0 atom stereocenters. The predicted octanol–water partition coefficient (Wildman–Crippen LogP) is 4.16. The predicted molar refractivity (Wildman–Crippen MR) is 122 cm³/mol. The number of amides is 3. The minimum Gasteiger partial charge on any atom is -0.493 e. The number of urea groups is 1. The first-order chi connectivity index (χ1) is 14.7. The molecule has 0 spiro atoms. The van der Waals surface area contributed by atoms with Gasteiger partial charge in [0.15, 0.2) is 11.5 Å². The Kier molecular flexibility index (Phi) is 7.29. The van der Waals surface area contributed by atoms with Crippen LogP contribution in [0.5, 0.6) is 11.5 Å². The Morgan fingerprint density at radius 2 is 2.00 bits per heavy atom. The Labute approximate surface area is 200 Å². The first kappa shape index (κ1) is 23.2. The van der Waals surface area contributed by atoms with Crippen molar-refractivity contribution < 1.29 is 29.0 Å². The molecule has 0 radical (unpaired) electrons. The Hall–Kier alpha value is -2.50. The van der Waals surface area contributed by atoms with Crippen molar-refractivity contribution >= 4 is 69.8 Å². The van der Waals surface area contributed by atoms with E-state index < -0.39 is 24.5 Å². The highest BCUT2D eigenvalue weighted by Gasteiger charge is 2.34. The molecule has 0 unspecified atom stereocenters. The van der Waals surface area contributed by atoms with Crippen LogP contribution in [0.1, 0.15) is 11.1 Å². The number of hydrogen-bond donors (Lipinski definition) is 2. The minimum atomic E-state index is -1.29. The Morgan fingerprint density at radius 3 is 2.65 bits per heavy atom. The lowest BCUT2D eigenvalue weighted by molar-refractivity contribution is -0.140. The molecule has 1 aliphatic heterocycles. The van der Waals surface area contributed by atoms with Gasteiger partial charge in [-0.3, -0.25) is 9.59 Å². The lowest BCUT2D eigenvalue weighted by atomic mass is 10.1. The van der Waals surface area contributed by atoms with Crippen molar-refractivity contribution in [3.05, 3.63) is 60.8 Å². The summed E-state index contributed by atoms with van der Waals surface area (Å²) in [4.78, 5) is 35.6. The second-order valence-electron chi connectivity index (χ2n) is 6.33. The van der Waals surface area contributed by atoms with Crippen LogP contribution in [0.25, 0.3) is 6.08 Å². The van der Waals surface area contributed by atoms with E-state index in [2.05, 4.69) is 27.9 Å². The molecular formula is C20H15Cl2IN2O6. The van der Waals surface area contributed by atoms with Crippen molar-refractivity contribution in [3.8, 4) is 11.5 Å². The van der Waals surface area contributed by atoms with E-state index in [0.717, 1.165) is 5.56 Å². The zero-order chi connectivity index (χ0) is 22.7. The van der Waals surface area contributed by atoms with Crippen LogP contribution in [0.4, 0.5) is 4.79 Å². The lowest BCUT2D eigenvalue weighted by Gasteiger charge is -2.14. The van der Waals surface area contributed by atoms with Gasteiger partial charge >= 0.3 is 12.0 Å². The zero-order valence-electron chi connectivity index (χ0n) is 15.9. The molecule has 0 aromatic heterocycles. The highest BCUT2D eigenvalue weighted by molar-refractivity contribution is 14.1. The fourth-order valence-electron chi connectivity index (χ4n) is 2.77. The van der Waals surface area contributed by atoms with Crippen LogP contribution in [0, 0.1) is 3.57 Å². The van der Waals surface area contributed by atoms with Crippen molar-refractivity contribution in [2.75, 3.05) is 13.7 Å². The van der Waals surface area contributed by atoms with Gasteiger partial charge in [0.1, 0.15) is 18.8 Å². The Bertz CT molecular complexity index is 1110. The third-order valence-electron chi connectivity index (χ3n) is 4.21. The van der Waals surface area contributed by atoms with Crippen molar-refractivity contribution in [3.63, 3.8) is 0 Å². The van der Waals surface area contributed by atoms with Gasteiger partial charge in [-0.1, -0.05) is 29.3 Å². The SMILES string of the molecule is COc1cc(/C=C2/NC(=O)N(CC(=O)O)C2=O)cc(I)c1OCc1ccc(Cl)cc1Cl. The molecule has 2 aromatic rings. The number of aliphatic carboxylic acids is 1. The Morgan fingerprint density at radius 1 is 1.26 bits per heavy atom. The standard InChI is InChI=1S/C20H15Cl2IN2O6/c1-30-16-6-10(5-15-19(28)25(8-17(26)27)20(29)24-15)4-14(23)18(16)31-9-11-2-3-12(21)7-13(11)22/h2-7H,8-9H2,1H3,(H,24,29)(H,26,27)/b15-5+. The molecule has 0 bridgehead atoms. The van der Waals surface area contributed by atoms with E-state index in [9.17, 15) is 14.4 Å². The summed E-state index contributed by atoms with van der Waals surface area (Å²) in [6, 6.07) is 7.67. The van der Waals surface area contributed by atoms with E-state index >= 15 is 0 Å². The second kappa shape index (κ2) is 9.75. The van der Waals surface area contributed by atoms with Gasteiger partial charge in [-0.25, -0.2) is 9.69 Å². The molecule has 2 N–H and O–H groups in total. The summed E-state index contributed by atoms with van der Waals surface area (Å²) < 4.78 is 12.0. The number of benzene rings is 2. The molecule has 162 valence electrons. The molecular weight excluding hydrogens is 562 g/mol. The topological polar surface area (TPSA) is 105 Å². The van der Waals surface area contributed by atoms with Gasteiger partial charge in [-0.05, 0) is 58.5 Å². The number of ether oxygens (including phenoxy) is 2. The smallest absolute Gasteiger partial charge is 0.329 e. The number of rotatable bonds is 7. The molecule has 1 heterocycles. The van der Waals surface area contributed by atoms with Gasteiger partial charge in [0.05, 0.1) is 10.7 Å². The normalized spacial score (nSPS) is 14.7. The quantitative estimate of drug-likeness (QED) is 0.291. The summed E-state index contributed by atoms with van der Waals surface area (Å²) in [6.07, 6.45) is 1.44. The molecule has 0 aliphatic carbocycles. The van der Waals surface area contributed by atoms with Gasteiger partial charge < -0.3 is 19.9 Å². The summed E-state index contributed by atoms with van der Waals surface area (Å²) in [5, 5.41) is 12.2. The zero-order valence-corrected chi connectivity index (χ0v) is 19.6. The monoisotopic (exact) mass is 576 g/mol. The van der Waals surface area contributed by atoms with Gasteiger partial charge in [-0.15, -0.1) is 0 Å². The fraction of sp³-hybridized carbons (Fsp3) is 0.150. The third kappa shape index (κ3) is 5.41. The van der Waals surface area contributed by atoms with E-state index in [1.807, 2.05) is 0 Å². The Balaban J connectivity index is 1.84. The molecule has 1 fully saturated rings. The van der Waals surface area contributed by atoms with Gasteiger partial charge in [0.2, 0.25) is 0 Å². The van der Waals surface area contributed by atoms with Crippen molar-refractivity contribution in [2.45, 2.75) is 6.61 Å². The maximum Gasteiger partial charge on any atom is 0.329 e. The number of carboxylic acid groups (broad SMARTS) is 1. The fourth-order valence-corrected chi connectivity index (χ4v) is 4.01. The first-order valence-corrected chi connectivity index (χ1v) is 10.5. The van der Waals surface area contributed by atoms with Crippen LogP contribution < -0.4 is 14.8 Å². The number of carbonyl (C=O) groups excluding carboxylic acids is 2. The maximum absolute atomic E-state index is 12.3. The lowest BCUT2D eigenvalue weighted by Crippen LogP contribution is -2.35. The number of nitrogens with one attached hydrogen (secondary N) is 1. The molecule has 3 rings (SSSR count). The summed E-state index contributed by atoms with van der Waals surface area (Å²) >= 11 is 14.2.